The van der Waals surface area contributed by atoms with Crippen molar-refractivity contribution in [1.29, 1.82) is 0 Å². The van der Waals surface area contributed by atoms with Gasteiger partial charge in [-0.2, -0.15) is 0 Å². The zero-order chi connectivity index (χ0) is 13.8. The summed E-state index contributed by atoms with van der Waals surface area (Å²) in [7, 11) is 3.77. The Bertz CT molecular complexity index is 397. The Hall–Kier alpha value is -1.09. The van der Waals surface area contributed by atoms with Crippen molar-refractivity contribution in [2.75, 3.05) is 14.2 Å². The molecule has 3 atom stereocenters. The zero-order valence-electron chi connectivity index (χ0n) is 12.5. The number of pyridine rings is 1. The van der Waals surface area contributed by atoms with E-state index in [-0.39, 0.29) is 0 Å². The summed E-state index contributed by atoms with van der Waals surface area (Å²) in [5.74, 6) is 3.21. The van der Waals surface area contributed by atoms with E-state index in [9.17, 15) is 0 Å². The third kappa shape index (κ3) is 3.27. The van der Waals surface area contributed by atoms with Crippen molar-refractivity contribution in [2.45, 2.75) is 39.2 Å². The van der Waals surface area contributed by atoms with Crippen LogP contribution in [0.15, 0.2) is 18.5 Å². The second-order valence-corrected chi connectivity index (χ2v) is 6.06. The topological polar surface area (TPSA) is 34.2 Å². The molecule has 0 saturated heterocycles. The zero-order valence-corrected chi connectivity index (χ0v) is 12.5. The Balaban J connectivity index is 2.23. The third-order valence-corrected chi connectivity index (χ3v) is 4.37. The Labute approximate surface area is 116 Å². The summed E-state index contributed by atoms with van der Waals surface area (Å²) in [6, 6.07) is 2.45. The van der Waals surface area contributed by atoms with Gasteiger partial charge in [-0.05, 0) is 50.1 Å². The Kier molecular flexibility index (Phi) is 4.81. The molecule has 0 radical (unpaired) electrons. The molecular weight excluding hydrogens is 236 g/mol. The first-order valence-electron chi connectivity index (χ1n) is 7.30. The number of rotatable bonds is 4. The van der Waals surface area contributed by atoms with Crippen molar-refractivity contribution in [2.24, 2.45) is 17.8 Å². The maximum absolute atomic E-state index is 5.47. The number of hydrogen-bond donors (Lipinski definition) is 1. The normalized spacial score (nSPS) is 28.9. The molecule has 1 heterocycles. The summed E-state index contributed by atoms with van der Waals surface area (Å²) >= 11 is 0. The van der Waals surface area contributed by atoms with Gasteiger partial charge in [0, 0.05) is 17.8 Å². The van der Waals surface area contributed by atoms with Crippen LogP contribution < -0.4 is 10.1 Å². The molecule has 106 valence electrons. The van der Waals surface area contributed by atoms with Crippen molar-refractivity contribution in [3.63, 3.8) is 0 Å². The van der Waals surface area contributed by atoms with E-state index in [1.165, 1.54) is 24.8 Å². The van der Waals surface area contributed by atoms with E-state index in [2.05, 4.69) is 37.3 Å². The van der Waals surface area contributed by atoms with Crippen LogP contribution in [0.5, 0.6) is 5.75 Å². The largest absolute Gasteiger partial charge is 0.495 e. The number of hydrogen-bond acceptors (Lipinski definition) is 3. The lowest BCUT2D eigenvalue weighted by atomic mass is 9.72. The minimum absolute atomic E-state index is 0.364. The van der Waals surface area contributed by atoms with Gasteiger partial charge in [0.2, 0.25) is 0 Å². The first-order chi connectivity index (χ1) is 9.15. The number of aromatic nitrogens is 1. The minimum atomic E-state index is 0.364. The van der Waals surface area contributed by atoms with Gasteiger partial charge >= 0.3 is 0 Å². The molecule has 0 bridgehead atoms. The van der Waals surface area contributed by atoms with Gasteiger partial charge in [0.1, 0.15) is 5.75 Å². The smallest absolute Gasteiger partial charge is 0.141 e. The van der Waals surface area contributed by atoms with Crippen molar-refractivity contribution in [1.82, 2.24) is 10.3 Å². The first-order valence-corrected chi connectivity index (χ1v) is 7.30. The predicted octanol–water partition coefficient (Wildman–Crippen LogP) is 3.42. The average Bonchev–Trinajstić information content (AvgIpc) is 2.39. The molecule has 1 aromatic rings. The van der Waals surface area contributed by atoms with Crippen LogP contribution >= 0.6 is 0 Å². The molecule has 1 saturated carbocycles. The molecule has 1 fully saturated rings. The second-order valence-electron chi connectivity index (χ2n) is 6.06. The molecule has 0 spiro atoms. The van der Waals surface area contributed by atoms with Crippen LogP contribution in [0.4, 0.5) is 0 Å². The molecule has 2 rings (SSSR count). The fraction of sp³-hybridized carbons (Fsp3) is 0.688. The second kappa shape index (κ2) is 6.38. The van der Waals surface area contributed by atoms with Crippen molar-refractivity contribution < 1.29 is 4.74 Å². The number of nitrogens with one attached hydrogen (secondary N) is 1. The van der Waals surface area contributed by atoms with Gasteiger partial charge in [-0.3, -0.25) is 4.98 Å². The van der Waals surface area contributed by atoms with Gasteiger partial charge in [0.25, 0.3) is 0 Å². The number of nitrogens with zero attached hydrogens (tertiary/aromatic N) is 1. The van der Waals surface area contributed by atoms with Crippen molar-refractivity contribution >= 4 is 0 Å². The van der Waals surface area contributed by atoms with Crippen LogP contribution in [-0.4, -0.2) is 19.1 Å². The predicted molar refractivity (Wildman–Crippen MR) is 78.3 cm³/mol. The van der Waals surface area contributed by atoms with E-state index in [1.807, 2.05) is 12.4 Å². The summed E-state index contributed by atoms with van der Waals surface area (Å²) < 4.78 is 5.47. The fourth-order valence-corrected chi connectivity index (χ4v) is 3.74. The quantitative estimate of drug-likeness (QED) is 0.902. The van der Waals surface area contributed by atoms with Crippen LogP contribution in [0.3, 0.4) is 0 Å². The standard InChI is InChI=1S/C16H26N2O/c1-11-7-12(2)9-13(8-11)16(17-3)14-5-6-18-10-15(14)19-4/h5-6,10-13,16-17H,7-9H2,1-4H3. The highest BCUT2D eigenvalue weighted by atomic mass is 16.5. The van der Waals surface area contributed by atoms with Gasteiger partial charge in [-0.1, -0.05) is 13.8 Å². The van der Waals surface area contributed by atoms with Crippen LogP contribution in [0.2, 0.25) is 0 Å². The molecule has 1 aromatic heterocycles. The van der Waals surface area contributed by atoms with Crippen LogP contribution in [0.1, 0.15) is 44.7 Å². The molecule has 0 aromatic carbocycles. The summed E-state index contributed by atoms with van der Waals surface area (Å²) in [5, 5.41) is 3.50. The Morgan fingerprint density at radius 3 is 2.53 bits per heavy atom. The van der Waals surface area contributed by atoms with E-state index in [1.54, 1.807) is 7.11 Å². The van der Waals surface area contributed by atoms with Gasteiger partial charge in [-0.25, -0.2) is 0 Å². The molecule has 3 nitrogen and oxygen atoms in total. The Morgan fingerprint density at radius 2 is 1.95 bits per heavy atom. The van der Waals surface area contributed by atoms with Gasteiger partial charge < -0.3 is 10.1 Å². The summed E-state index contributed by atoms with van der Waals surface area (Å²) in [5.41, 5.74) is 1.24. The van der Waals surface area contributed by atoms with E-state index in [4.69, 9.17) is 4.74 Å². The highest BCUT2D eigenvalue weighted by Gasteiger charge is 2.31. The molecule has 3 unspecified atom stereocenters. The summed E-state index contributed by atoms with van der Waals surface area (Å²) in [4.78, 5) is 4.16. The highest BCUT2D eigenvalue weighted by Crippen LogP contribution is 2.41. The maximum Gasteiger partial charge on any atom is 0.141 e. The van der Waals surface area contributed by atoms with E-state index in [0.717, 1.165) is 17.6 Å². The van der Waals surface area contributed by atoms with Gasteiger partial charge in [-0.15, -0.1) is 0 Å². The minimum Gasteiger partial charge on any atom is -0.495 e. The van der Waals surface area contributed by atoms with Gasteiger partial charge in [0.15, 0.2) is 0 Å². The number of ether oxygens (including phenoxy) is 1. The Morgan fingerprint density at radius 1 is 1.26 bits per heavy atom. The monoisotopic (exact) mass is 262 g/mol. The van der Waals surface area contributed by atoms with Crippen LogP contribution in [-0.2, 0) is 0 Å². The SMILES string of the molecule is CNC(c1ccncc1OC)C1CC(C)CC(C)C1. The van der Waals surface area contributed by atoms with Crippen LogP contribution in [0, 0.1) is 17.8 Å². The summed E-state index contributed by atoms with van der Waals surface area (Å²) in [6.45, 7) is 4.75. The molecule has 1 aliphatic carbocycles. The lowest BCUT2D eigenvalue weighted by Gasteiger charge is -2.37. The number of methoxy groups -OCH3 is 1. The van der Waals surface area contributed by atoms with Crippen molar-refractivity contribution in [3.05, 3.63) is 24.0 Å². The fourth-order valence-electron chi connectivity index (χ4n) is 3.74. The molecule has 1 N–H and O–H groups in total. The molecule has 19 heavy (non-hydrogen) atoms. The van der Waals surface area contributed by atoms with E-state index in [0.29, 0.717) is 12.0 Å². The summed E-state index contributed by atoms with van der Waals surface area (Å²) in [6.07, 6.45) is 7.62. The van der Waals surface area contributed by atoms with E-state index < -0.39 is 0 Å². The molecule has 0 amide bonds. The molecule has 0 aliphatic heterocycles. The highest BCUT2D eigenvalue weighted by molar-refractivity contribution is 5.33. The van der Waals surface area contributed by atoms with Crippen molar-refractivity contribution in [3.8, 4) is 5.75 Å². The van der Waals surface area contributed by atoms with E-state index >= 15 is 0 Å². The molecular formula is C16H26N2O. The maximum atomic E-state index is 5.47. The first kappa shape index (κ1) is 14.3. The lowest BCUT2D eigenvalue weighted by molar-refractivity contribution is 0.179. The lowest BCUT2D eigenvalue weighted by Crippen LogP contribution is -2.31. The third-order valence-electron chi connectivity index (χ3n) is 4.37. The van der Waals surface area contributed by atoms with Gasteiger partial charge in [0.05, 0.1) is 13.3 Å². The van der Waals surface area contributed by atoms with Crippen LogP contribution in [0.25, 0.3) is 0 Å². The molecule has 3 heteroatoms. The average molecular weight is 262 g/mol. The molecule has 1 aliphatic rings.